The first kappa shape index (κ1) is 22.3. The molecule has 0 spiro atoms. The van der Waals surface area contributed by atoms with Crippen molar-refractivity contribution in [3.8, 4) is 5.75 Å². The molecule has 33 heavy (non-hydrogen) atoms. The van der Waals surface area contributed by atoms with E-state index >= 15 is 0 Å². The number of ether oxygens (including phenoxy) is 2. The fourth-order valence-corrected chi connectivity index (χ4v) is 4.23. The van der Waals surface area contributed by atoms with Gasteiger partial charge in [0, 0.05) is 18.0 Å². The number of para-hydroxylation sites is 1. The van der Waals surface area contributed by atoms with Crippen molar-refractivity contribution in [3.05, 3.63) is 76.3 Å². The number of hydrogen-bond donors (Lipinski definition) is 0. The van der Waals surface area contributed by atoms with Gasteiger partial charge < -0.3 is 14.0 Å². The first-order valence-electron chi connectivity index (χ1n) is 11.0. The number of ketones is 1. The standard InChI is InChI=1S/C26H26N2O5/c1-4-32-24-21-22(27(3)23(24)26(31)33-5-2)18-14-10-11-15-19(18)28(25(21)30)16-20(29)17-12-8-6-7-9-13-17/h6-12,14-15H,4-5,13,16H2,1-3H3. The summed E-state index contributed by atoms with van der Waals surface area (Å²) in [4.78, 5) is 39.7. The minimum Gasteiger partial charge on any atom is -0.490 e. The van der Waals surface area contributed by atoms with Crippen molar-refractivity contribution < 1.29 is 19.1 Å². The summed E-state index contributed by atoms with van der Waals surface area (Å²) in [5.41, 5.74) is 1.61. The molecule has 1 aliphatic carbocycles. The van der Waals surface area contributed by atoms with Crippen LogP contribution in [0.5, 0.6) is 5.75 Å². The Labute approximate surface area is 191 Å². The lowest BCUT2D eigenvalue weighted by molar-refractivity contribution is -0.116. The second-order valence-corrected chi connectivity index (χ2v) is 7.65. The van der Waals surface area contributed by atoms with Crippen LogP contribution in [0.2, 0.25) is 0 Å². The molecule has 0 fully saturated rings. The van der Waals surface area contributed by atoms with Gasteiger partial charge >= 0.3 is 5.97 Å². The Balaban J connectivity index is 2.00. The lowest BCUT2D eigenvalue weighted by atomic mass is 10.1. The molecule has 7 nitrogen and oxygen atoms in total. The van der Waals surface area contributed by atoms with Crippen molar-refractivity contribution >= 4 is 33.6 Å². The molecule has 1 aromatic carbocycles. The average Bonchev–Trinajstić information content (AvgIpc) is 2.96. The SMILES string of the molecule is CCOC(=O)c1c(OCC)c2c(=O)n(CC(=O)C3=CC=CC=CC3)c3ccccc3c2n1C. The summed E-state index contributed by atoms with van der Waals surface area (Å²) in [5.74, 6) is -0.518. The summed E-state index contributed by atoms with van der Waals surface area (Å²) in [6.45, 7) is 3.86. The van der Waals surface area contributed by atoms with Crippen LogP contribution < -0.4 is 10.3 Å². The van der Waals surface area contributed by atoms with Crippen LogP contribution in [0.15, 0.2) is 65.0 Å². The van der Waals surface area contributed by atoms with E-state index in [0.717, 1.165) is 5.39 Å². The van der Waals surface area contributed by atoms with Gasteiger partial charge in [-0.2, -0.15) is 0 Å². The Bertz CT molecular complexity index is 1400. The maximum absolute atomic E-state index is 13.8. The molecule has 0 amide bonds. The monoisotopic (exact) mass is 446 g/mol. The molecular formula is C26H26N2O5. The van der Waals surface area contributed by atoms with Crippen LogP contribution in [0.4, 0.5) is 0 Å². The zero-order valence-corrected chi connectivity index (χ0v) is 19.0. The van der Waals surface area contributed by atoms with E-state index in [1.165, 1.54) is 4.57 Å². The van der Waals surface area contributed by atoms with Crippen LogP contribution in [0.25, 0.3) is 21.8 Å². The molecule has 0 unspecified atom stereocenters. The molecule has 0 saturated heterocycles. The lowest BCUT2D eigenvalue weighted by Gasteiger charge is -2.13. The third kappa shape index (κ3) is 3.91. The van der Waals surface area contributed by atoms with Crippen molar-refractivity contribution in [1.29, 1.82) is 0 Å². The second kappa shape index (κ2) is 9.32. The van der Waals surface area contributed by atoms with E-state index in [-0.39, 0.29) is 47.9 Å². The summed E-state index contributed by atoms with van der Waals surface area (Å²) < 4.78 is 14.2. The van der Waals surface area contributed by atoms with E-state index < -0.39 is 5.97 Å². The minimum absolute atomic E-state index is 0.113. The Kier molecular flexibility index (Phi) is 6.31. The zero-order valence-electron chi connectivity index (χ0n) is 19.0. The summed E-state index contributed by atoms with van der Waals surface area (Å²) in [6.07, 6.45) is 9.76. The average molecular weight is 447 g/mol. The normalized spacial score (nSPS) is 13.2. The van der Waals surface area contributed by atoms with Gasteiger partial charge in [-0.1, -0.05) is 48.6 Å². The summed E-state index contributed by atoms with van der Waals surface area (Å²) in [5, 5.41) is 1.01. The first-order valence-corrected chi connectivity index (χ1v) is 11.0. The van der Waals surface area contributed by atoms with Crippen LogP contribution >= 0.6 is 0 Å². The number of aromatic nitrogens is 2. The molecule has 0 bridgehead atoms. The molecule has 2 heterocycles. The molecule has 0 saturated carbocycles. The van der Waals surface area contributed by atoms with Gasteiger partial charge in [0.1, 0.15) is 5.39 Å². The van der Waals surface area contributed by atoms with Crippen molar-refractivity contribution in [2.45, 2.75) is 26.8 Å². The van der Waals surface area contributed by atoms with Crippen molar-refractivity contribution in [1.82, 2.24) is 9.13 Å². The third-order valence-corrected chi connectivity index (χ3v) is 5.67. The molecule has 7 heteroatoms. The first-order chi connectivity index (χ1) is 16.0. The van der Waals surface area contributed by atoms with Crippen LogP contribution in [0, 0.1) is 0 Å². The number of benzene rings is 1. The molecule has 2 aromatic heterocycles. The highest BCUT2D eigenvalue weighted by Crippen LogP contribution is 2.35. The van der Waals surface area contributed by atoms with Crippen LogP contribution in [0.1, 0.15) is 30.8 Å². The third-order valence-electron chi connectivity index (χ3n) is 5.67. The Hall–Kier alpha value is -3.87. The number of allylic oxidation sites excluding steroid dienone is 6. The number of esters is 1. The zero-order chi connectivity index (χ0) is 23.5. The lowest BCUT2D eigenvalue weighted by Crippen LogP contribution is -2.26. The van der Waals surface area contributed by atoms with Crippen LogP contribution in [0.3, 0.4) is 0 Å². The van der Waals surface area contributed by atoms with E-state index in [9.17, 15) is 14.4 Å². The molecule has 1 aliphatic rings. The van der Waals surface area contributed by atoms with Gasteiger partial charge in [-0.05, 0) is 26.3 Å². The van der Waals surface area contributed by atoms with Crippen molar-refractivity contribution in [2.75, 3.05) is 13.2 Å². The number of hydrogen-bond acceptors (Lipinski definition) is 5. The van der Waals surface area contributed by atoms with E-state index in [1.54, 1.807) is 31.5 Å². The number of rotatable bonds is 7. The van der Waals surface area contributed by atoms with Gasteiger partial charge in [0.25, 0.3) is 5.56 Å². The van der Waals surface area contributed by atoms with Crippen LogP contribution in [-0.4, -0.2) is 34.1 Å². The highest BCUT2D eigenvalue weighted by molar-refractivity contribution is 6.11. The molecule has 0 radical (unpaired) electrons. The predicted octanol–water partition coefficient (Wildman–Crippen LogP) is 4.08. The Morgan fingerprint density at radius 2 is 1.85 bits per heavy atom. The number of carbonyl (C=O) groups excluding carboxylic acids is 2. The van der Waals surface area contributed by atoms with Crippen molar-refractivity contribution in [3.63, 3.8) is 0 Å². The maximum Gasteiger partial charge on any atom is 0.358 e. The summed E-state index contributed by atoms with van der Waals surface area (Å²) >= 11 is 0. The molecule has 3 aromatic rings. The largest absolute Gasteiger partial charge is 0.490 e. The van der Waals surface area contributed by atoms with Crippen molar-refractivity contribution in [2.24, 2.45) is 7.05 Å². The number of carbonyl (C=O) groups is 2. The fraction of sp³-hybridized carbons (Fsp3) is 0.269. The van der Waals surface area contributed by atoms with Gasteiger partial charge in [0.2, 0.25) is 0 Å². The fourth-order valence-electron chi connectivity index (χ4n) is 4.23. The van der Waals surface area contributed by atoms with E-state index in [0.29, 0.717) is 23.0 Å². The Morgan fingerprint density at radius 1 is 1.06 bits per heavy atom. The number of aryl methyl sites for hydroxylation is 1. The van der Waals surface area contributed by atoms with E-state index in [2.05, 4.69) is 0 Å². The number of pyridine rings is 1. The summed E-state index contributed by atoms with van der Waals surface area (Å²) in [7, 11) is 1.72. The predicted molar refractivity (Wildman–Crippen MR) is 128 cm³/mol. The minimum atomic E-state index is -0.562. The summed E-state index contributed by atoms with van der Waals surface area (Å²) in [6, 6.07) is 7.37. The number of Topliss-reactive ketones (excluding diaryl/α,β-unsaturated/α-hetero) is 1. The highest BCUT2D eigenvalue weighted by atomic mass is 16.5. The molecule has 0 aliphatic heterocycles. The van der Waals surface area contributed by atoms with Crippen LogP contribution in [-0.2, 0) is 23.1 Å². The molecule has 170 valence electrons. The topological polar surface area (TPSA) is 79.5 Å². The van der Waals surface area contributed by atoms with E-state index in [4.69, 9.17) is 9.47 Å². The Morgan fingerprint density at radius 3 is 2.61 bits per heavy atom. The van der Waals surface area contributed by atoms with Gasteiger partial charge in [-0.3, -0.25) is 14.2 Å². The molecule has 4 rings (SSSR count). The maximum atomic E-state index is 13.8. The quantitative estimate of drug-likeness (QED) is 0.511. The number of nitrogens with zero attached hydrogens (tertiary/aromatic N) is 2. The van der Waals surface area contributed by atoms with Gasteiger partial charge in [0.15, 0.2) is 17.2 Å². The van der Waals surface area contributed by atoms with Gasteiger partial charge in [0.05, 0.1) is 30.8 Å². The smallest absolute Gasteiger partial charge is 0.358 e. The highest BCUT2D eigenvalue weighted by Gasteiger charge is 2.28. The van der Waals surface area contributed by atoms with E-state index in [1.807, 2.05) is 48.6 Å². The molecule has 0 atom stereocenters. The molecule has 0 N–H and O–H groups in total. The van der Waals surface area contributed by atoms with Gasteiger partial charge in [-0.25, -0.2) is 4.79 Å². The van der Waals surface area contributed by atoms with Gasteiger partial charge in [-0.15, -0.1) is 0 Å². The molecular weight excluding hydrogens is 420 g/mol. The number of fused-ring (bicyclic) bond motifs is 3. The second-order valence-electron chi connectivity index (χ2n) is 7.65.